The zero-order valence-corrected chi connectivity index (χ0v) is 9.93. The van der Waals surface area contributed by atoms with Crippen molar-refractivity contribution in [2.24, 2.45) is 0 Å². The summed E-state index contributed by atoms with van der Waals surface area (Å²) in [5.41, 5.74) is 1.86. The molecule has 0 radical (unpaired) electrons. The summed E-state index contributed by atoms with van der Waals surface area (Å²) in [6, 6.07) is 11.0. The summed E-state index contributed by atoms with van der Waals surface area (Å²) in [7, 11) is 0. The van der Waals surface area contributed by atoms with E-state index in [1.54, 1.807) is 12.4 Å². The molecule has 0 saturated carbocycles. The van der Waals surface area contributed by atoms with E-state index in [1.807, 2.05) is 36.4 Å². The van der Waals surface area contributed by atoms with Gasteiger partial charge in [-0.25, -0.2) is 0 Å². The summed E-state index contributed by atoms with van der Waals surface area (Å²) in [5.74, 6) is 0. The van der Waals surface area contributed by atoms with Crippen molar-refractivity contribution in [1.82, 2.24) is 4.98 Å². The Labute approximate surface area is 105 Å². The van der Waals surface area contributed by atoms with Gasteiger partial charge in [-0.2, -0.15) is 0 Å². The Hall–Kier alpha value is -1.58. The van der Waals surface area contributed by atoms with E-state index in [2.05, 4.69) is 10.3 Å². The molecule has 4 heteroatoms. The van der Waals surface area contributed by atoms with Crippen LogP contribution in [0.5, 0.6) is 0 Å². The number of aliphatic hydroxyl groups excluding tert-OH is 1. The quantitative estimate of drug-likeness (QED) is 0.875. The molecule has 0 fully saturated rings. The molecule has 2 aromatic rings. The molecule has 0 aliphatic heterocycles. The third-order valence-electron chi connectivity index (χ3n) is 2.45. The molecular weight excluding hydrogens is 236 g/mol. The summed E-state index contributed by atoms with van der Waals surface area (Å²) in [4.78, 5) is 4.04. The number of halogens is 1. The summed E-state index contributed by atoms with van der Waals surface area (Å²) in [6.45, 7) is 0.00825. The van der Waals surface area contributed by atoms with E-state index in [-0.39, 0.29) is 12.6 Å². The number of pyridine rings is 1. The topological polar surface area (TPSA) is 45.1 Å². The van der Waals surface area contributed by atoms with Gasteiger partial charge < -0.3 is 10.4 Å². The molecule has 0 aliphatic rings. The lowest BCUT2D eigenvalue weighted by molar-refractivity contribution is 0.276. The van der Waals surface area contributed by atoms with Crippen LogP contribution < -0.4 is 5.32 Å². The molecule has 1 aromatic carbocycles. The second-order valence-corrected chi connectivity index (χ2v) is 4.11. The highest BCUT2D eigenvalue weighted by atomic mass is 35.5. The van der Waals surface area contributed by atoms with Crippen LogP contribution in [-0.4, -0.2) is 16.7 Å². The van der Waals surface area contributed by atoms with Crippen LogP contribution in [-0.2, 0) is 0 Å². The fourth-order valence-corrected chi connectivity index (χ4v) is 1.69. The van der Waals surface area contributed by atoms with Crippen LogP contribution in [0.25, 0.3) is 0 Å². The normalized spacial score (nSPS) is 12.1. The summed E-state index contributed by atoms with van der Waals surface area (Å²) >= 11 is 5.81. The minimum Gasteiger partial charge on any atom is -0.394 e. The van der Waals surface area contributed by atoms with Crippen LogP contribution in [0.15, 0.2) is 48.8 Å². The number of anilines is 1. The Morgan fingerprint density at radius 3 is 2.59 bits per heavy atom. The zero-order chi connectivity index (χ0) is 12.1. The highest BCUT2D eigenvalue weighted by molar-refractivity contribution is 6.30. The predicted molar refractivity (Wildman–Crippen MR) is 69.1 cm³/mol. The van der Waals surface area contributed by atoms with Gasteiger partial charge in [-0.3, -0.25) is 4.98 Å². The summed E-state index contributed by atoms with van der Waals surface area (Å²) in [6.07, 6.45) is 3.45. The predicted octanol–water partition coefficient (Wildman–Crippen LogP) is 2.88. The van der Waals surface area contributed by atoms with Gasteiger partial charge in [0.15, 0.2) is 0 Å². The lowest BCUT2D eigenvalue weighted by Gasteiger charge is -2.17. The van der Waals surface area contributed by atoms with Gasteiger partial charge in [0.2, 0.25) is 0 Å². The maximum atomic E-state index is 9.38. The fourth-order valence-electron chi connectivity index (χ4n) is 1.56. The monoisotopic (exact) mass is 248 g/mol. The van der Waals surface area contributed by atoms with Gasteiger partial charge in [0.1, 0.15) is 0 Å². The second-order valence-electron chi connectivity index (χ2n) is 3.67. The number of nitrogens with zero attached hydrogens (tertiary/aromatic N) is 1. The Kier molecular flexibility index (Phi) is 3.96. The van der Waals surface area contributed by atoms with Crippen molar-refractivity contribution in [2.45, 2.75) is 6.04 Å². The average molecular weight is 249 g/mol. The first-order valence-electron chi connectivity index (χ1n) is 5.32. The van der Waals surface area contributed by atoms with Gasteiger partial charge in [-0.1, -0.05) is 17.7 Å². The van der Waals surface area contributed by atoms with Crippen molar-refractivity contribution in [3.05, 3.63) is 59.4 Å². The van der Waals surface area contributed by atoms with Crippen LogP contribution in [0.3, 0.4) is 0 Å². The highest BCUT2D eigenvalue weighted by Crippen LogP contribution is 2.20. The molecular formula is C13H13ClN2O. The lowest BCUT2D eigenvalue weighted by atomic mass is 10.1. The van der Waals surface area contributed by atoms with E-state index in [0.29, 0.717) is 5.02 Å². The number of benzene rings is 1. The Balaban J connectivity index is 2.13. The van der Waals surface area contributed by atoms with Gasteiger partial charge in [-0.05, 0) is 35.9 Å². The fraction of sp³-hybridized carbons (Fsp3) is 0.154. The number of aliphatic hydroxyl groups is 1. The number of hydrogen-bond acceptors (Lipinski definition) is 3. The number of rotatable bonds is 4. The third kappa shape index (κ3) is 3.19. The van der Waals surface area contributed by atoms with Crippen molar-refractivity contribution in [1.29, 1.82) is 0 Å². The van der Waals surface area contributed by atoms with Crippen LogP contribution in [0.1, 0.15) is 11.6 Å². The van der Waals surface area contributed by atoms with Gasteiger partial charge in [0, 0.05) is 23.1 Å². The molecule has 2 rings (SSSR count). The first-order valence-corrected chi connectivity index (χ1v) is 5.70. The first kappa shape index (κ1) is 11.9. The van der Waals surface area contributed by atoms with Crippen LogP contribution in [0.4, 0.5) is 5.69 Å². The lowest BCUT2D eigenvalue weighted by Crippen LogP contribution is -2.14. The highest BCUT2D eigenvalue weighted by Gasteiger charge is 2.09. The van der Waals surface area contributed by atoms with Crippen molar-refractivity contribution >= 4 is 17.3 Å². The van der Waals surface area contributed by atoms with Crippen LogP contribution in [0, 0.1) is 0 Å². The van der Waals surface area contributed by atoms with Crippen LogP contribution in [0.2, 0.25) is 5.02 Å². The molecule has 0 saturated heterocycles. The number of aromatic nitrogens is 1. The smallest absolute Gasteiger partial charge is 0.0759 e. The van der Waals surface area contributed by atoms with E-state index in [1.165, 1.54) is 0 Å². The van der Waals surface area contributed by atoms with E-state index in [9.17, 15) is 5.11 Å². The molecule has 17 heavy (non-hydrogen) atoms. The number of nitrogens with one attached hydrogen (secondary N) is 1. The van der Waals surface area contributed by atoms with Gasteiger partial charge in [0.05, 0.1) is 12.6 Å². The molecule has 1 aromatic heterocycles. The largest absolute Gasteiger partial charge is 0.394 e. The standard InChI is InChI=1S/C13H13ClN2O/c14-11-3-5-12(6-4-11)16-13(9-17)10-2-1-7-15-8-10/h1-8,13,16-17H,9H2. The maximum Gasteiger partial charge on any atom is 0.0759 e. The van der Waals surface area contributed by atoms with Crippen LogP contribution >= 0.6 is 11.6 Å². The van der Waals surface area contributed by atoms with E-state index in [4.69, 9.17) is 11.6 Å². The second kappa shape index (κ2) is 5.66. The molecule has 0 amide bonds. The average Bonchev–Trinajstić information content (AvgIpc) is 2.39. The Morgan fingerprint density at radius 2 is 2.00 bits per heavy atom. The molecule has 0 bridgehead atoms. The minimum atomic E-state index is -0.162. The summed E-state index contributed by atoms with van der Waals surface area (Å²) in [5, 5.41) is 13.3. The van der Waals surface area contributed by atoms with Gasteiger partial charge >= 0.3 is 0 Å². The molecule has 1 atom stereocenters. The molecule has 1 unspecified atom stereocenters. The molecule has 3 nitrogen and oxygen atoms in total. The van der Waals surface area contributed by atoms with E-state index < -0.39 is 0 Å². The first-order chi connectivity index (χ1) is 8.29. The minimum absolute atomic E-state index is 0.00825. The van der Waals surface area contributed by atoms with Crippen molar-refractivity contribution < 1.29 is 5.11 Å². The third-order valence-corrected chi connectivity index (χ3v) is 2.71. The SMILES string of the molecule is OCC(Nc1ccc(Cl)cc1)c1cccnc1. The van der Waals surface area contributed by atoms with Gasteiger partial charge in [-0.15, -0.1) is 0 Å². The van der Waals surface area contributed by atoms with E-state index in [0.717, 1.165) is 11.3 Å². The van der Waals surface area contributed by atoms with Crippen molar-refractivity contribution in [2.75, 3.05) is 11.9 Å². The molecule has 88 valence electrons. The van der Waals surface area contributed by atoms with Crippen molar-refractivity contribution in [3.63, 3.8) is 0 Å². The number of hydrogen-bond donors (Lipinski definition) is 2. The zero-order valence-electron chi connectivity index (χ0n) is 9.18. The Bertz CT molecular complexity index is 459. The van der Waals surface area contributed by atoms with E-state index >= 15 is 0 Å². The van der Waals surface area contributed by atoms with Crippen molar-refractivity contribution in [3.8, 4) is 0 Å². The van der Waals surface area contributed by atoms with Gasteiger partial charge in [0.25, 0.3) is 0 Å². The summed E-state index contributed by atoms with van der Waals surface area (Å²) < 4.78 is 0. The molecule has 2 N–H and O–H groups in total. The molecule has 0 spiro atoms. The Morgan fingerprint density at radius 1 is 1.24 bits per heavy atom. The maximum absolute atomic E-state index is 9.38. The molecule has 0 aliphatic carbocycles. The molecule has 1 heterocycles.